The fourth-order valence-corrected chi connectivity index (χ4v) is 2.61. The molecule has 0 unspecified atom stereocenters. The number of hydrogen-bond acceptors (Lipinski definition) is 3. The van der Waals surface area contributed by atoms with Gasteiger partial charge in [-0.15, -0.1) is 0 Å². The van der Waals surface area contributed by atoms with Crippen LogP contribution in [0.1, 0.15) is 25.8 Å². The van der Waals surface area contributed by atoms with Crippen LogP contribution in [-0.2, 0) is 11.2 Å². The number of primary amides is 1. The molecule has 4 nitrogen and oxygen atoms in total. The number of benzene rings is 1. The largest absolute Gasteiger partial charge is 0.444 e. The van der Waals surface area contributed by atoms with Crippen molar-refractivity contribution in [3.63, 3.8) is 0 Å². The highest BCUT2D eigenvalue weighted by molar-refractivity contribution is 9.10. The molecule has 5 heteroatoms. The summed E-state index contributed by atoms with van der Waals surface area (Å²) in [7, 11) is 0. The first kappa shape index (κ1) is 16.5. The second kappa shape index (κ2) is 6.92. The summed E-state index contributed by atoms with van der Waals surface area (Å²) in [6.07, 6.45) is 4.37. The Morgan fingerprint density at radius 1 is 1.27 bits per heavy atom. The van der Waals surface area contributed by atoms with Gasteiger partial charge in [0.15, 0.2) is 0 Å². The van der Waals surface area contributed by atoms with Gasteiger partial charge >= 0.3 is 6.09 Å². The monoisotopic (exact) mass is 362 g/mol. The molecule has 116 valence electrons. The molecule has 2 N–H and O–H groups in total. The zero-order valence-corrected chi connectivity index (χ0v) is 14.3. The summed E-state index contributed by atoms with van der Waals surface area (Å²) in [5, 5.41) is 0. The van der Waals surface area contributed by atoms with Crippen molar-refractivity contribution in [1.82, 2.24) is 4.98 Å². The third kappa shape index (κ3) is 4.84. The van der Waals surface area contributed by atoms with Crippen LogP contribution in [-0.4, -0.2) is 16.7 Å². The predicted octanol–water partition coefficient (Wildman–Crippen LogP) is 4.32. The number of aromatic nitrogens is 1. The van der Waals surface area contributed by atoms with Gasteiger partial charge in [0.05, 0.1) is 0 Å². The van der Waals surface area contributed by atoms with Gasteiger partial charge in [0, 0.05) is 22.4 Å². The number of nitrogens with two attached hydrogens (primary N) is 1. The van der Waals surface area contributed by atoms with Gasteiger partial charge in [-0.25, -0.2) is 4.79 Å². The highest BCUT2D eigenvalue weighted by Crippen LogP contribution is 2.24. The van der Waals surface area contributed by atoms with Crippen LogP contribution in [0.15, 0.2) is 47.2 Å². The molecule has 0 aliphatic carbocycles. The van der Waals surface area contributed by atoms with Gasteiger partial charge in [0.1, 0.15) is 5.60 Å². The lowest BCUT2D eigenvalue weighted by Gasteiger charge is -2.23. The van der Waals surface area contributed by atoms with E-state index < -0.39 is 11.7 Å². The van der Waals surface area contributed by atoms with Crippen LogP contribution >= 0.6 is 15.9 Å². The van der Waals surface area contributed by atoms with Gasteiger partial charge in [0.25, 0.3) is 0 Å². The highest BCUT2D eigenvalue weighted by atomic mass is 79.9. The first-order valence-corrected chi connectivity index (χ1v) is 7.83. The highest BCUT2D eigenvalue weighted by Gasteiger charge is 2.21. The fraction of sp³-hybridized carbons (Fsp3) is 0.294. The summed E-state index contributed by atoms with van der Waals surface area (Å²) < 4.78 is 6.06. The molecular formula is C17H19BrN2O2. The van der Waals surface area contributed by atoms with E-state index in [0.29, 0.717) is 6.42 Å². The van der Waals surface area contributed by atoms with E-state index in [1.54, 1.807) is 6.20 Å². The van der Waals surface area contributed by atoms with Crippen molar-refractivity contribution in [2.24, 2.45) is 5.73 Å². The number of nitrogens with zero attached hydrogens (tertiary/aromatic N) is 1. The zero-order valence-electron chi connectivity index (χ0n) is 12.7. The lowest BCUT2D eigenvalue weighted by atomic mass is 9.96. The van der Waals surface area contributed by atoms with Crippen LogP contribution < -0.4 is 5.73 Å². The summed E-state index contributed by atoms with van der Waals surface area (Å²) >= 11 is 3.43. The van der Waals surface area contributed by atoms with Crippen molar-refractivity contribution in [3.05, 3.63) is 52.8 Å². The third-order valence-corrected chi connectivity index (χ3v) is 3.79. The molecule has 1 aromatic heterocycles. The maximum atomic E-state index is 10.9. The summed E-state index contributed by atoms with van der Waals surface area (Å²) in [5.41, 5.74) is 7.87. The number of hydrogen-bond donors (Lipinski definition) is 1. The SMILES string of the molecule is CC(C)(CCc1cccc(-c2cncc(Br)c2)c1)OC(N)=O. The van der Waals surface area contributed by atoms with Crippen LogP contribution in [0.5, 0.6) is 0 Å². The molecule has 0 radical (unpaired) electrons. The van der Waals surface area contributed by atoms with Crippen molar-refractivity contribution in [2.75, 3.05) is 0 Å². The Kier molecular flexibility index (Phi) is 5.19. The number of carbonyl (C=O) groups excluding carboxylic acids is 1. The van der Waals surface area contributed by atoms with Crippen LogP contribution in [0.4, 0.5) is 4.79 Å². The van der Waals surface area contributed by atoms with Gasteiger partial charge in [-0.2, -0.15) is 0 Å². The number of aryl methyl sites for hydroxylation is 1. The van der Waals surface area contributed by atoms with E-state index in [1.165, 1.54) is 5.56 Å². The molecule has 0 saturated heterocycles. The van der Waals surface area contributed by atoms with Crippen molar-refractivity contribution in [2.45, 2.75) is 32.3 Å². The maximum Gasteiger partial charge on any atom is 0.405 e. The molecule has 1 amide bonds. The smallest absolute Gasteiger partial charge is 0.405 e. The van der Waals surface area contributed by atoms with Crippen molar-refractivity contribution >= 4 is 22.0 Å². The van der Waals surface area contributed by atoms with Crippen LogP contribution in [0.3, 0.4) is 0 Å². The number of carbonyl (C=O) groups is 1. The van der Waals surface area contributed by atoms with E-state index in [0.717, 1.165) is 22.0 Å². The number of ether oxygens (including phenoxy) is 1. The Hall–Kier alpha value is -1.88. The van der Waals surface area contributed by atoms with E-state index in [4.69, 9.17) is 10.5 Å². The summed E-state index contributed by atoms with van der Waals surface area (Å²) in [6, 6.07) is 10.3. The second-order valence-corrected chi connectivity index (χ2v) is 6.69. The van der Waals surface area contributed by atoms with Gasteiger partial charge in [-0.1, -0.05) is 24.3 Å². The molecule has 0 atom stereocenters. The Morgan fingerprint density at radius 2 is 2.05 bits per heavy atom. The number of pyridine rings is 1. The molecule has 0 aliphatic rings. The molecule has 0 spiro atoms. The average molecular weight is 363 g/mol. The normalized spacial score (nSPS) is 11.2. The summed E-state index contributed by atoms with van der Waals surface area (Å²) in [6.45, 7) is 3.72. The first-order chi connectivity index (χ1) is 10.4. The molecule has 2 aromatic rings. The van der Waals surface area contributed by atoms with Crippen LogP contribution in [0.2, 0.25) is 0 Å². The van der Waals surface area contributed by atoms with Crippen molar-refractivity contribution < 1.29 is 9.53 Å². The Morgan fingerprint density at radius 3 is 2.73 bits per heavy atom. The molecule has 0 aliphatic heterocycles. The number of amides is 1. The van der Waals surface area contributed by atoms with Gasteiger partial charge in [0.2, 0.25) is 0 Å². The van der Waals surface area contributed by atoms with Crippen LogP contribution in [0.25, 0.3) is 11.1 Å². The van der Waals surface area contributed by atoms with E-state index >= 15 is 0 Å². The van der Waals surface area contributed by atoms with Gasteiger partial charge in [-0.3, -0.25) is 4.98 Å². The first-order valence-electron chi connectivity index (χ1n) is 7.04. The predicted molar refractivity (Wildman–Crippen MR) is 90.4 cm³/mol. The van der Waals surface area contributed by atoms with E-state index in [-0.39, 0.29) is 0 Å². The number of halogens is 1. The minimum atomic E-state index is -0.737. The minimum Gasteiger partial charge on any atom is -0.444 e. The van der Waals surface area contributed by atoms with Gasteiger partial charge < -0.3 is 10.5 Å². The lowest BCUT2D eigenvalue weighted by molar-refractivity contribution is 0.0394. The quantitative estimate of drug-likeness (QED) is 0.861. The van der Waals surface area contributed by atoms with Crippen molar-refractivity contribution in [3.8, 4) is 11.1 Å². The fourth-order valence-electron chi connectivity index (χ4n) is 2.24. The molecular weight excluding hydrogens is 344 g/mol. The lowest BCUT2D eigenvalue weighted by Crippen LogP contribution is -2.31. The van der Waals surface area contributed by atoms with Crippen molar-refractivity contribution in [1.29, 1.82) is 0 Å². The van der Waals surface area contributed by atoms with E-state index in [2.05, 4.69) is 39.1 Å². The zero-order chi connectivity index (χ0) is 16.2. The standard InChI is InChI=1S/C17H19BrN2O2/c1-17(2,22-16(19)21)7-6-12-4-3-5-13(8-12)14-9-15(18)11-20-10-14/h3-5,8-11H,6-7H2,1-2H3,(H2,19,21). The Bertz CT molecular complexity index is 671. The molecule has 2 rings (SSSR count). The summed E-state index contributed by atoms with van der Waals surface area (Å²) in [4.78, 5) is 15.1. The van der Waals surface area contributed by atoms with E-state index in [1.807, 2.05) is 32.2 Å². The molecule has 0 bridgehead atoms. The third-order valence-electron chi connectivity index (χ3n) is 3.36. The Labute approximate surface area is 138 Å². The molecule has 0 saturated carbocycles. The topological polar surface area (TPSA) is 65.2 Å². The number of rotatable bonds is 5. The maximum absolute atomic E-state index is 10.9. The van der Waals surface area contributed by atoms with E-state index in [9.17, 15) is 4.79 Å². The molecule has 1 heterocycles. The molecule has 0 fully saturated rings. The summed E-state index contributed by atoms with van der Waals surface area (Å²) in [5.74, 6) is 0. The van der Waals surface area contributed by atoms with Crippen LogP contribution in [0, 0.1) is 0 Å². The molecule has 1 aromatic carbocycles. The average Bonchev–Trinajstić information content (AvgIpc) is 2.44. The minimum absolute atomic E-state index is 0.570. The Balaban J connectivity index is 2.11. The molecule has 22 heavy (non-hydrogen) atoms. The second-order valence-electron chi connectivity index (χ2n) is 5.77. The van der Waals surface area contributed by atoms with Gasteiger partial charge in [-0.05, 0) is 59.8 Å².